The van der Waals surface area contributed by atoms with E-state index in [-0.39, 0.29) is 18.6 Å². The van der Waals surface area contributed by atoms with Crippen LogP contribution >= 0.6 is 138 Å². The molecular weight excluding hydrogens is 763 g/mol. The summed E-state index contributed by atoms with van der Waals surface area (Å²) >= 11 is 49.8. The summed E-state index contributed by atoms with van der Waals surface area (Å²) in [5, 5.41) is -1.91. The smallest absolute Gasteiger partial charge is 0.269 e. The fourth-order valence-electron chi connectivity index (χ4n) is 0.478. The van der Waals surface area contributed by atoms with Gasteiger partial charge in [0.25, 0.3) is 3.25 Å². The van der Waals surface area contributed by atoms with E-state index in [9.17, 15) is 26.3 Å². The van der Waals surface area contributed by atoms with E-state index in [0.717, 1.165) is 0 Å². The molecule has 0 spiro atoms. The van der Waals surface area contributed by atoms with Crippen LogP contribution in [-0.2, 0) is 0 Å². The van der Waals surface area contributed by atoms with Crippen LogP contribution in [0.25, 0.3) is 0 Å². The number of allylic oxidation sites excluding steroid dienone is 1. The summed E-state index contributed by atoms with van der Waals surface area (Å²) in [7, 11) is 8.22. The highest BCUT2D eigenvalue weighted by molar-refractivity contribution is 6.85. The third kappa shape index (κ3) is 135. The van der Waals surface area contributed by atoms with Gasteiger partial charge in [0.2, 0.25) is 0 Å². The van der Waals surface area contributed by atoms with Crippen LogP contribution in [0.2, 0.25) is 0 Å². The Kier molecular flexibility index (Phi) is 68.4. The Morgan fingerprint density at radius 3 is 1.06 bits per heavy atom. The Labute approximate surface area is 269 Å². The largest absolute Gasteiger partial charge is 0.406 e. The van der Waals surface area contributed by atoms with Gasteiger partial charge in [-0.2, -0.15) is 26.3 Å². The summed E-state index contributed by atoms with van der Waals surface area (Å²) in [6.45, 7) is 12.8. The molecule has 0 aromatic heterocycles. The number of hydrogen-bond donors (Lipinski definition) is 0. The predicted octanol–water partition coefficient (Wildman–Crippen LogP) is 14.4. The number of alkyl halides is 16. The number of rotatable bonds is 3. The van der Waals surface area contributed by atoms with E-state index in [1.54, 1.807) is 6.08 Å². The molecular formula is C17H29Cl12F7. The van der Waals surface area contributed by atoms with Gasteiger partial charge < -0.3 is 0 Å². The van der Waals surface area contributed by atoms with E-state index >= 15 is 0 Å². The van der Waals surface area contributed by atoms with Gasteiger partial charge in [0.15, 0.2) is 3.79 Å². The van der Waals surface area contributed by atoms with Gasteiger partial charge in [0.1, 0.15) is 5.38 Å². The molecule has 0 amide bonds. The molecule has 230 valence electrons. The van der Waals surface area contributed by atoms with Gasteiger partial charge in [-0.15, -0.1) is 54.5 Å². The lowest BCUT2D eigenvalue weighted by molar-refractivity contribution is -0.134. The van der Waals surface area contributed by atoms with Crippen molar-refractivity contribution in [2.45, 2.75) is 65.3 Å². The lowest BCUT2D eigenvalue weighted by Crippen LogP contribution is -2.24. The first-order chi connectivity index (χ1) is 15.0. The average Bonchev–Trinajstić information content (AvgIpc) is 2.62. The van der Waals surface area contributed by atoms with E-state index in [1.807, 2.05) is 6.92 Å². The van der Waals surface area contributed by atoms with Crippen molar-refractivity contribution >= 4 is 138 Å². The fraction of sp³-hybridized carbons (Fsp3) is 0.765. The average molecular weight is 792 g/mol. The van der Waals surface area contributed by atoms with Gasteiger partial charge in [-0.05, 0) is 13.3 Å². The van der Waals surface area contributed by atoms with E-state index in [2.05, 4.69) is 53.0 Å². The Balaban J connectivity index is -0.0000000352. The van der Waals surface area contributed by atoms with Crippen molar-refractivity contribution in [3.05, 3.63) is 25.8 Å². The van der Waals surface area contributed by atoms with Crippen molar-refractivity contribution < 1.29 is 31.0 Å². The molecule has 0 nitrogen and oxygen atoms in total. The molecule has 0 saturated carbocycles. The molecule has 0 rings (SSSR count). The molecule has 0 aliphatic carbocycles. The summed E-state index contributed by atoms with van der Waals surface area (Å²) in [5.74, 6) is -0.207. The molecule has 0 fully saturated rings. The number of hydrogen-bond acceptors (Lipinski definition) is 0. The van der Waals surface area contributed by atoms with Crippen LogP contribution in [0.4, 0.5) is 31.0 Å². The van der Waals surface area contributed by atoms with Crippen LogP contribution in [0, 0.1) is 0 Å². The van der Waals surface area contributed by atoms with Crippen LogP contribution in [0.3, 0.4) is 0 Å². The second-order valence-corrected chi connectivity index (χ2v) is 11.6. The maximum absolute atomic E-state index is 11.2. The van der Waals surface area contributed by atoms with Crippen LogP contribution in [0.1, 0.15) is 40.5 Å². The highest BCUT2D eigenvalue weighted by Crippen LogP contribution is 2.30. The molecule has 19 heteroatoms. The van der Waals surface area contributed by atoms with E-state index in [4.69, 9.17) is 104 Å². The molecule has 1 unspecified atom stereocenters. The molecule has 0 aromatic rings. The van der Waals surface area contributed by atoms with Gasteiger partial charge in [-0.1, -0.05) is 102 Å². The molecule has 0 saturated heterocycles. The summed E-state index contributed by atoms with van der Waals surface area (Å²) < 4.78 is 64.1. The lowest BCUT2D eigenvalue weighted by atomic mass is 10.3. The van der Waals surface area contributed by atoms with Crippen molar-refractivity contribution in [2.75, 3.05) is 11.8 Å². The Morgan fingerprint density at radius 2 is 1.06 bits per heavy atom. The highest BCUT2D eigenvalue weighted by Gasteiger charge is 2.37. The zero-order chi connectivity index (χ0) is 29.8. The van der Waals surface area contributed by atoms with Crippen molar-refractivity contribution in [1.82, 2.24) is 0 Å². The topological polar surface area (TPSA) is 0 Å². The summed E-state index contributed by atoms with van der Waals surface area (Å²) in [6, 6.07) is 0. The Morgan fingerprint density at radius 1 is 0.806 bits per heavy atom. The Bertz CT molecular complexity index is 364. The SMILES string of the molecule is C.C=C.C=CC.CCCC(F)(F)F.ClC(Cl)(Cl)Cl.ClCCC(Cl)(Cl)Cl.ClCl.F.FC(F)(F)C(Cl)CCl. The third-order valence-corrected chi connectivity index (χ3v) is 3.03. The summed E-state index contributed by atoms with van der Waals surface area (Å²) in [4.78, 5) is 0. The third-order valence-electron chi connectivity index (χ3n) is 1.40. The minimum Gasteiger partial charge on any atom is -0.269 e. The van der Waals surface area contributed by atoms with Gasteiger partial charge in [0.05, 0.1) is 0 Å². The standard InChI is InChI=1S/C4H7F3.C3H4Cl4.C3H3Cl2F3.C3H6.C2H4.CCl4.CH4.Cl2.FH/c1-2-3-4(5,6)7;4-2-1-3(5,6)7;4-1-2(5)3(6,7)8;1-3-2;1-2;2-1(3,4)5;;1-2;/h2-3H2,1H3;1-2H2;2H,1H2;3H,1H2,2H3;1-2H2;;1H4;;1H. The zero-order valence-corrected chi connectivity index (χ0v) is 27.1. The minimum absolute atomic E-state index is 0. The molecule has 0 aliphatic heterocycles. The molecule has 0 heterocycles. The molecule has 0 aromatic carbocycles. The quantitative estimate of drug-likeness (QED) is 0.152. The van der Waals surface area contributed by atoms with E-state index in [0.29, 0.717) is 12.3 Å². The molecule has 0 radical (unpaired) electrons. The minimum atomic E-state index is -4.36. The fourth-order valence-corrected chi connectivity index (χ4v) is 1.51. The number of halogens is 19. The highest BCUT2D eigenvalue weighted by atomic mass is 36.5. The maximum atomic E-state index is 11.2. The predicted molar refractivity (Wildman–Crippen MR) is 157 cm³/mol. The van der Waals surface area contributed by atoms with Crippen LogP contribution in [-0.4, -0.2) is 36.5 Å². The monoisotopic (exact) mass is 786 g/mol. The molecule has 0 bridgehead atoms. The van der Waals surface area contributed by atoms with Gasteiger partial charge >= 0.3 is 12.4 Å². The van der Waals surface area contributed by atoms with Gasteiger partial charge in [0, 0.05) is 46.3 Å². The van der Waals surface area contributed by atoms with Gasteiger partial charge in [-0.25, -0.2) is 0 Å². The van der Waals surface area contributed by atoms with E-state index in [1.165, 1.54) is 6.92 Å². The van der Waals surface area contributed by atoms with Crippen molar-refractivity contribution in [3.8, 4) is 0 Å². The molecule has 0 N–H and O–H groups in total. The van der Waals surface area contributed by atoms with Gasteiger partial charge in [-0.3, -0.25) is 4.70 Å². The van der Waals surface area contributed by atoms with E-state index < -0.39 is 37.1 Å². The lowest BCUT2D eigenvalue weighted by Gasteiger charge is -2.08. The van der Waals surface area contributed by atoms with Crippen LogP contribution < -0.4 is 0 Å². The Hall–Kier alpha value is 2.47. The summed E-state index contributed by atoms with van der Waals surface area (Å²) in [6.07, 6.45) is -6.63. The first-order valence-electron chi connectivity index (χ1n) is 7.95. The van der Waals surface area contributed by atoms with Crippen molar-refractivity contribution in [1.29, 1.82) is 0 Å². The van der Waals surface area contributed by atoms with Crippen molar-refractivity contribution in [3.63, 3.8) is 0 Å². The molecule has 0 aliphatic rings. The molecule has 36 heavy (non-hydrogen) atoms. The molecule has 1 atom stereocenters. The zero-order valence-electron chi connectivity index (χ0n) is 18.0. The summed E-state index contributed by atoms with van der Waals surface area (Å²) in [5.41, 5.74) is 0. The second kappa shape index (κ2) is 39.6. The van der Waals surface area contributed by atoms with Crippen LogP contribution in [0.15, 0.2) is 25.8 Å². The first-order valence-corrected chi connectivity index (χ1v) is 13.2. The first kappa shape index (κ1) is 62.2. The van der Waals surface area contributed by atoms with Crippen molar-refractivity contribution in [2.24, 2.45) is 0 Å². The second-order valence-electron chi connectivity index (χ2n) is 4.42. The maximum Gasteiger partial charge on any atom is 0.406 e. The van der Waals surface area contributed by atoms with Crippen LogP contribution in [0.5, 0.6) is 0 Å². The normalized spacial score (nSPS) is 10.6.